The highest BCUT2D eigenvalue weighted by Gasteiger charge is 2.26. The van der Waals surface area contributed by atoms with Crippen LogP contribution in [0.15, 0.2) is 0 Å². The van der Waals surface area contributed by atoms with Crippen LogP contribution in [-0.2, 0) is 24.1 Å². The van der Waals surface area contributed by atoms with Crippen LogP contribution in [0.3, 0.4) is 0 Å². The SMILES string of the molecule is CCC(C)(C)C(=O)OCCCOS(=O)(=O)O. The van der Waals surface area contributed by atoms with Crippen molar-refractivity contribution in [1.82, 2.24) is 0 Å². The van der Waals surface area contributed by atoms with Gasteiger partial charge in [-0.3, -0.25) is 9.35 Å². The fourth-order valence-electron chi connectivity index (χ4n) is 0.728. The molecule has 0 spiro atoms. The Morgan fingerprint density at radius 1 is 1.31 bits per heavy atom. The Balaban J connectivity index is 3.72. The number of ether oxygens (including phenoxy) is 1. The monoisotopic (exact) mass is 254 g/mol. The molecule has 0 saturated carbocycles. The van der Waals surface area contributed by atoms with Crippen LogP contribution in [-0.4, -0.2) is 32.2 Å². The molecule has 7 heteroatoms. The summed E-state index contributed by atoms with van der Waals surface area (Å²) in [4.78, 5) is 11.4. The van der Waals surface area contributed by atoms with Gasteiger partial charge in [-0.05, 0) is 20.3 Å². The van der Waals surface area contributed by atoms with Crippen LogP contribution in [0.5, 0.6) is 0 Å². The van der Waals surface area contributed by atoms with Gasteiger partial charge >= 0.3 is 16.4 Å². The summed E-state index contributed by atoms with van der Waals surface area (Å²) in [6, 6.07) is 0. The Morgan fingerprint density at radius 2 is 1.88 bits per heavy atom. The second-order valence-electron chi connectivity index (χ2n) is 3.98. The van der Waals surface area contributed by atoms with Gasteiger partial charge in [0.15, 0.2) is 0 Å². The summed E-state index contributed by atoms with van der Waals surface area (Å²) in [7, 11) is -4.40. The number of esters is 1. The molecule has 0 aliphatic rings. The zero-order valence-corrected chi connectivity index (χ0v) is 10.5. The van der Waals surface area contributed by atoms with E-state index in [0.717, 1.165) is 0 Å². The van der Waals surface area contributed by atoms with Gasteiger partial charge in [0.1, 0.15) is 0 Å². The van der Waals surface area contributed by atoms with Crippen LogP contribution in [0, 0.1) is 5.41 Å². The second-order valence-corrected chi connectivity index (χ2v) is 5.07. The first-order valence-electron chi connectivity index (χ1n) is 4.98. The van der Waals surface area contributed by atoms with E-state index in [-0.39, 0.29) is 25.6 Å². The van der Waals surface area contributed by atoms with Gasteiger partial charge in [0.05, 0.1) is 18.6 Å². The predicted molar refractivity (Wildman–Crippen MR) is 57.1 cm³/mol. The average molecular weight is 254 g/mol. The summed E-state index contributed by atoms with van der Waals surface area (Å²) < 4.78 is 37.5. The van der Waals surface area contributed by atoms with E-state index in [1.165, 1.54) is 0 Å². The molecule has 0 bridgehead atoms. The molecule has 0 aliphatic heterocycles. The Hall–Kier alpha value is -0.660. The summed E-state index contributed by atoms with van der Waals surface area (Å²) in [6.45, 7) is 5.27. The van der Waals surface area contributed by atoms with Gasteiger partial charge in [0.2, 0.25) is 0 Å². The van der Waals surface area contributed by atoms with Crippen molar-refractivity contribution in [3.05, 3.63) is 0 Å². The highest BCUT2D eigenvalue weighted by Crippen LogP contribution is 2.21. The zero-order valence-electron chi connectivity index (χ0n) is 9.73. The summed E-state index contributed by atoms with van der Waals surface area (Å²) in [5.74, 6) is -0.332. The van der Waals surface area contributed by atoms with Crippen molar-refractivity contribution in [2.75, 3.05) is 13.2 Å². The molecule has 0 rings (SSSR count). The topological polar surface area (TPSA) is 89.9 Å². The van der Waals surface area contributed by atoms with Gasteiger partial charge < -0.3 is 4.74 Å². The first-order valence-corrected chi connectivity index (χ1v) is 6.34. The molecule has 0 unspecified atom stereocenters. The number of rotatable bonds is 7. The largest absolute Gasteiger partial charge is 0.465 e. The molecule has 1 N–H and O–H groups in total. The van der Waals surface area contributed by atoms with Gasteiger partial charge in [-0.1, -0.05) is 6.92 Å². The minimum absolute atomic E-state index is 0.0672. The van der Waals surface area contributed by atoms with Crippen LogP contribution in [0.1, 0.15) is 33.6 Å². The van der Waals surface area contributed by atoms with E-state index in [9.17, 15) is 13.2 Å². The lowest BCUT2D eigenvalue weighted by Gasteiger charge is -2.20. The highest BCUT2D eigenvalue weighted by atomic mass is 32.3. The van der Waals surface area contributed by atoms with Crippen LogP contribution in [0.25, 0.3) is 0 Å². The average Bonchev–Trinajstić information content (AvgIpc) is 2.15. The van der Waals surface area contributed by atoms with Gasteiger partial charge in [0.25, 0.3) is 0 Å². The van der Waals surface area contributed by atoms with Crippen LogP contribution < -0.4 is 0 Å². The van der Waals surface area contributed by atoms with Gasteiger partial charge in [-0.2, -0.15) is 8.42 Å². The molecule has 0 aromatic rings. The molecule has 16 heavy (non-hydrogen) atoms. The number of carbonyl (C=O) groups excluding carboxylic acids is 1. The summed E-state index contributed by atoms with van der Waals surface area (Å²) in [5, 5.41) is 0. The van der Waals surface area contributed by atoms with Gasteiger partial charge in [-0.15, -0.1) is 0 Å². The fraction of sp³-hybridized carbons (Fsp3) is 0.889. The van der Waals surface area contributed by atoms with Gasteiger partial charge in [-0.25, -0.2) is 4.18 Å². The Kier molecular flexibility index (Phi) is 5.91. The minimum Gasteiger partial charge on any atom is -0.465 e. The molecule has 6 nitrogen and oxygen atoms in total. The minimum atomic E-state index is -4.40. The predicted octanol–water partition coefficient (Wildman–Crippen LogP) is 1.18. The summed E-state index contributed by atoms with van der Waals surface area (Å²) in [6.07, 6.45) is 0.874. The Bertz CT molecular complexity index is 319. The normalized spacial score (nSPS) is 12.5. The van der Waals surface area contributed by atoms with E-state index < -0.39 is 15.8 Å². The standard InChI is InChI=1S/C9H18O6S/c1-4-9(2,3)8(10)14-6-5-7-15-16(11,12)13/h4-7H2,1-3H3,(H,11,12,13). The molecule has 96 valence electrons. The fourth-order valence-corrected chi connectivity index (χ4v) is 1.06. The van der Waals surface area contributed by atoms with E-state index in [2.05, 4.69) is 4.18 Å². The highest BCUT2D eigenvalue weighted by molar-refractivity contribution is 7.80. The van der Waals surface area contributed by atoms with Crippen molar-refractivity contribution in [1.29, 1.82) is 0 Å². The van der Waals surface area contributed by atoms with Gasteiger partial charge in [0, 0.05) is 6.42 Å². The lowest BCUT2D eigenvalue weighted by atomic mass is 9.91. The molecular formula is C9H18O6S. The molecular weight excluding hydrogens is 236 g/mol. The smallest absolute Gasteiger partial charge is 0.397 e. The summed E-state index contributed by atoms with van der Waals surface area (Å²) >= 11 is 0. The number of hydrogen-bond acceptors (Lipinski definition) is 5. The summed E-state index contributed by atoms with van der Waals surface area (Å²) in [5.41, 5.74) is -0.538. The van der Waals surface area contributed by atoms with E-state index in [1.54, 1.807) is 13.8 Å². The Morgan fingerprint density at radius 3 is 2.31 bits per heavy atom. The number of hydrogen-bond donors (Lipinski definition) is 1. The molecule has 0 fully saturated rings. The van der Waals surface area contributed by atoms with Crippen LogP contribution >= 0.6 is 0 Å². The molecule has 0 atom stereocenters. The number of carbonyl (C=O) groups is 1. The van der Waals surface area contributed by atoms with Crippen molar-refractivity contribution < 1.29 is 26.7 Å². The zero-order chi connectivity index (χ0) is 12.8. The third kappa shape index (κ3) is 6.76. The van der Waals surface area contributed by atoms with Crippen LogP contribution in [0.4, 0.5) is 0 Å². The molecule has 0 heterocycles. The second kappa shape index (κ2) is 6.17. The van der Waals surface area contributed by atoms with E-state index in [1.807, 2.05) is 6.92 Å². The van der Waals surface area contributed by atoms with Crippen molar-refractivity contribution >= 4 is 16.4 Å². The molecule has 0 aromatic heterocycles. The molecule has 0 amide bonds. The van der Waals surface area contributed by atoms with Crippen molar-refractivity contribution in [2.24, 2.45) is 5.41 Å². The van der Waals surface area contributed by atoms with Crippen LogP contribution in [0.2, 0.25) is 0 Å². The Labute approximate surface area is 95.9 Å². The molecule has 0 radical (unpaired) electrons. The van der Waals surface area contributed by atoms with E-state index in [4.69, 9.17) is 9.29 Å². The van der Waals surface area contributed by atoms with E-state index >= 15 is 0 Å². The molecule has 0 aromatic carbocycles. The quantitative estimate of drug-likeness (QED) is 0.417. The van der Waals surface area contributed by atoms with Crippen molar-refractivity contribution in [3.63, 3.8) is 0 Å². The molecule has 0 aliphatic carbocycles. The van der Waals surface area contributed by atoms with E-state index in [0.29, 0.717) is 6.42 Å². The first kappa shape index (κ1) is 15.3. The third-order valence-electron chi connectivity index (χ3n) is 2.19. The maximum absolute atomic E-state index is 11.4. The lowest BCUT2D eigenvalue weighted by Crippen LogP contribution is -2.26. The lowest BCUT2D eigenvalue weighted by molar-refractivity contribution is -0.154. The molecule has 0 saturated heterocycles. The van der Waals surface area contributed by atoms with Crippen molar-refractivity contribution in [2.45, 2.75) is 33.6 Å². The third-order valence-corrected chi connectivity index (χ3v) is 2.66. The first-order chi connectivity index (χ1) is 7.19. The maximum Gasteiger partial charge on any atom is 0.397 e. The van der Waals surface area contributed by atoms with Crippen molar-refractivity contribution in [3.8, 4) is 0 Å². The maximum atomic E-state index is 11.4.